The Hall–Kier alpha value is -1.35. The van der Waals surface area contributed by atoms with E-state index < -0.39 is 0 Å². The Kier molecular flexibility index (Phi) is 4.81. The zero-order valence-electron chi connectivity index (χ0n) is 12.9. The van der Waals surface area contributed by atoms with E-state index in [9.17, 15) is 4.79 Å². The second-order valence-electron chi connectivity index (χ2n) is 6.38. The Balaban J connectivity index is 2.10. The first-order valence-corrected chi connectivity index (χ1v) is 7.60. The SMILES string of the molecule is CCCC(=O)N1CC(C)(C)NCC1Cc1ccccc1. The minimum atomic E-state index is 0.0105. The van der Waals surface area contributed by atoms with Gasteiger partial charge in [0.15, 0.2) is 0 Å². The van der Waals surface area contributed by atoms with Crippen LogP contribution in [0, 0.1) is 0 Å². The minimum Gasteiger partial charge on any atom is -0.336 e. The Morgan fingerprint density at radius 2 is 2.05 bits per heavy atom. The van der Waals surface area contributed by atoms with Crippen LogP contribution < -0.4 is 5.32 Å². The molecule has 1 amide bonds. The second-order valence-corrected chi connectivity index (χ2v) is 6.38. The monoisotopic (exact) mass is 274 g/mol. The summed E-state index contributed by atoms with van der Waals surface area (Å²) in [7, 11) is 0. The van der Waals surface area contributed by atoms with Crippen LogP contribution in [0.25, 0.3) is 0 Å². The van der Waals surface area contributed by atoms with Gasteiger partial charge in [-0.25, -0.2) is 0 Å². The van der Waals surface area contributed by atoms with Gasteiger partial charge in [0, 0.05) is 31.1 Å². The molecule has 0 bridgehead atoms. The van der Waals surface area contributed by atoms with E-state index in [4.69, 9.17) is 0 Å². The van der Waals surface area contributed by atoms with Crippen molar-refractivity contribution in [2.24, 2.45) is 0 Å². The van der Waals surface area contributed by atoms with Crippen molar-refractivity contribution in [1.82, 2.24) is 10.2 Å². The zero-order chi connectivity index (χ0) is 14.6. The first kappa shape index (κ1) is 15.0. The van der Waals surface area contributed by atoms with Crippen molar-refractivity contribution in [3.8, 4) is 0 Å². The smallest absolute Gasteiger partial charge is 0.222 e. The lowest BCUT2D eigenvalue weighted by atomic mass is 9.94. The van der Waals surface area contributed by atoms with Gasteiger partial charge in [0.25, 0.3) is 0 Å². The highest BCUT2D eigenvalue weighted by Gasteiger charge is 2.34. The number of nitrogens with zero attached hydrogens (tertiary/aromatic N) is 1. The number of hydrogen-bond donors (Lipinski definition) is 1. The lowest BCUT2D eigenvalue weighted by Gasteiger charge is -2.45. The molecule has 1 aromatic carbocycles. The number of amides is 1. The summed E-state index contributed by atoms with van der Waals surface area (Å²) in [6, 6.07) is 10.7. The van der Waals surface area contributed by atoms with Crippen molar-refractivity contribution in [2.45, 2.75) is 51.6 Å². The van der Waals surface area contributed by atoms with Gasteiger partial charge in [0.2, 0.25) is 5.91 Å². The number of carbonyl (C=O) groups excluding carboxylic acids is 1. The van der Waals surface area contributed by atoms with Crippen molar-refractivity contribution >= 4 is 5.91 Å². The van der Waals surface area contributed by atoms with Crippen LogP contribution in [0.15, 0.2) is 30.3 Å². The number of hydrogen-bond acceptors (Lipinski definition) is 2. The van der Waals surface area contributed by atoms with Crippen molar-refractivity contribution < 1.29 is 4.79 Å². The predicted molar refractivity (Wildman–Crippen MR) is 82.6 cm³/mol. The van der Waals surface area contributed by atoms with E-state index in [2.05, 4.69) is 55.3 Å². The molecular formula is C17H26N2O. The number of piperazine rings is 1. The van der Waals surface area contributed by atoms with Crippen molar-refractivity contribution in [1.29, 1.82) is 0 Å². The standard InChI is InChI=1S/C17H26N2O/c1-4-8-16(20)19-13-17(2,3)18-12-15(19)11-14-9-6-5-7-10-14/h5-7,9-10,15,18H,4,8,11-13H2,1-3H3. The van der Waals surface area contributed by atoms with Crippen LogP contribution in [0.4, 0.5) is 0 Å². The van der Waals surface area contributed by atoms with E-state index in [1.54, 1.807) is 0 Å². The highest BCUT2D eigenvalue weighted by Crippen LogP contribution is 2.19. The topological polar surface area (TPSA) is 32.3 Å². The number of rotatable bonds is 4. The zero-order valence-corrected chi connectivity index (χ0v) is 12.9. The summed E-state index contributed by atoms with van der Waals surface area (Å²) in [5, 5.41) is 3.56. The average molecular weight is 274 g/mol. The third-order valence-electron chi connectivity index (χ3n) is 3.92. The maximum Gasteiger partial charge on any atom is 0.222 e. The number of nitrogens with one attached hydrogen (secondary N) is 1. The molecule has 0 radical (unpaired) electrons. The van der Waals surface area contributed by atoms with Crippen molar-refractivity contribution in [3.63, 3.8) is 0 Å². The summed E-state index contributed by atoms with van der Waals surface area (Å²) in [6.07, 6.45) is 2.50. The molecule has 1 aromatic rings. The average Bonchev–Trinajstić information content (AvgIpc) is 2.42. The predicted octanol–water partition coefficient (Wildman–Crippen LogP) is 2.61. The van der Waals surface area contributed by atoms with Gasteiger partial charge in [0.1, 0.15) is 0 Å². The van der Waals surface area contributed by atoms with E-state index in [0.29, 0.717) is 12.3 Å². The maximum atomic E-state index is 12.4. The molecule has 1 aliphatic heterocycles. The van der Waals surface area contributed by atoms with Crippen LogP contribution in [0.1, 0.15) is 39.2 Å². The summed E-state index contributed by atoms with van der Waals surface area (Å²) < 4.78 is 0. The maximum absolute atomic E-state index is 12.4. The van der Waals surface area contributed by atoms with Crippen LogP contribution in [-0.4, -0.2) is 35.5 Å². The molecule has 1 fully saturated rings. The fourth-order valence-electron chi connectivity index (χ4n) is 2.83. The molecule has 0 saturated carbocycles. The quantitative estimate of drug-likeness (QED) is 0.915. The molecule has 0 aromatic heterocycles. The minimum absolute atomic E-state index is 0.0105. The number of carbonyl (C=O) groups is 1. The van der Waals surface area contributed by atoms with Gasteiger partial charge in [-0.1, -0.05) is 37.3 Å². The summed E-state index contributed by atoms with van der Waals surface area (Å²) in [5.41, 5.74) is 1.31. The molecule has 1 N–H and O–H groups in total. The molecular weight excluding hydrogens is 248 g/mol. The largest absolute Gasteiger partial charge is 0.336 e. The molecule has 0 aliphatic carbocycles. The molecule has 1 heterocycles. The molecule has 3 heteroatoms. The fourth-order valence-corrected chi connectivity index (χ4v) is 2.83. The van der Waals surface area contributed by atoms with Crippen LogP contribution in [0.3, 0.4) is 0 Å². The Morgan fingerprint density at radius 3 is 2.70 bits per heavy atom. The highest BCUT2D eigenvalue weighted by atomic mass is 16.2. The Bertz CT molecular complexity index is 442. The molecule has 1 saturated heterocycles. The van der Waals surface area contributed by atoms with Crippen LogP contribution >= 0.6 is 0 Å². The van der Waals surface area contributed by atoms with E-state index in [1.165, 1.54) is 5.56 Å². The number of benzene rings is 1. The molecule has 3 nitrogen and oxygen atoms in total. The molecule has 20 heavy (non-hydrogen) atoms. The Morgan fingerprint density at radius 1 is 1.35 bits per heavy atom. The summed E-state index contributed by atoms with van der Waals surface area (Å²) in [6.45, 7) is 8.06. The van der Waals surface area contributed by atoms with Gasteiger partial charge in [-0.15, -0.1) is 0 Å². The van der Waals surface area contributed by atoms with E-state index in [-0.39, 0.29) is 11.6 Å². The van der Waals surface area contributed by atoms with Crippen LogP contribution in [0.5, 0.6) is 0 Å². The molecule has 1 atom stereocenters. The lowest BCUT2D eigenvalue weighted by Crippen LogP contribution is -2.63. The summed E-state index contributed by atoms with van der Waals surface area (Å²) in [5.74, 6) is 0.294. The molecule has 0 spiro atoms. The molecule has 1 unspecified atom stereocenters. The molecule has 1 aliphatic rings. The van der Waals surface area contributed by atoms with Crippen molar-refractivity contribution in [2.75, 3.05) is 13.1 Å². The Labute approximate surface area is 122 Å². The van der Waals surface area contributed by atoms with Gasteiger partial charge in [-0.2, -0.15) is 0 Å². The van der Waals surface area contributed by atoms with Gasteiger partial charge >= 0.3 is 0 Å². The second kappa shape index (κ2) is 6.40. The first-order valence-electron chi connectivity index (χ1n) is 7.60. The van der Waals surface area contributed by atoms with Crippen molar-refractivity contribution in [3.05, 3.63) is 35.9 Å². The van der Waals surface area contributed by atoms with Crippen LogP contribution in [-0.2, 0) is 11.2 Å². The summed E-state index contributed by atoms with van der Waals surface area (Å²) in [4.78, 5) is 14.5. The first-order chi connectivity index (χ1) is 9.52. The normalized spacial score (nSPS) is 21.8. The third kappa shape index (κ3) is 3.83. The van der Waals surface area contributed by atoms with Gasteiger partial charge < -0.3 is 10.2 Å². The van der Waals surface area contributed by atoms with E-state index in [0.717, 1.165) is 25.9 Å². The molecule has 2 rings (SSSR count). The van der Waals surface area contributed by atoms with E-state index >= 15 is 0 Å². The summed E-state index contributed by atoms with van der Waals surface area (Å²) >= 11 is 0. The fraction of sp³-hybridized carbons (Fsp3) is 0.588. The van der Waals surface area contributed by atoms with Crippen LogP contribution in [0.2, 0.25) is 0 Å². The van der Waals surface area contributed by atoms with Gasteiger partial charge in [0.05, 0.1) is 0 Å². The molecule has 110 valence electrons. The highest BCUT2D eigenvalue weighted by molar-refractivity contribution is 5.76. The van der Waals surface area contributed by atoms with Gasteiger partial charge in [-0.05, 0) is 32.3 Å². The van der Waals surface area contributed by atoms with Gasteiger partial charge in [-0.3, -0.25) is 4.79 Å². The lowest BCUT2D eigenvalue weighted by molar-refractivity contribution is -0.136. The third-order valence-corrected chi connectivity index (χ3v) is 3.92. The van der Waals surface area contributed by atoms with E-state index in [1.807, 2.05) is 6.07 Å².